The third-order valence-corrected chi connectivity index (χ3v) is 6.08. The van der Waals surface area contributed by atoms with Crippen LogP contribution in [0, 0.1) is 0 Å². The monoisotopic (exact) mass is 357 g/mol. The molecule has 2 atom stereocenters. The third-order valence-electron chi connectivity index (χ3n) is 6.08. The molecule has 0 bridgehead atoms. The number of carbonyl (C=O) groups excluding carboxylic acids is 2. The molecule has 2 aliphatic heterocycles. The molecule has 6 rings (SSSR count). The molecule has 1 saturated carbocycles. The van der Waals surface area contributed by atoms with Crippen molar-refractivity contribution in [1.29, 1.82) is 0 Å². The topological polar surface area (TPSA) is 65.2 Å². The molecule has 27 heavy (non-hydrogen) atoms. The van der Waals surface area contributed by atoms with Crippen molar-refractivity contribution >= 4 is 22.7 Å². The molecule has 1 aromatic heterocycles. The van der Waals surface area contributed by atoms with Gasteiger partial charge in [0, 0.05) is 34.6 Å². The lowest BCUT2D eigenvalue weighted by Gasteiger charge is -2.37. The van der Waals surface area contributed by atoms with Gasteiger partial charge in [-0.15, -0.1) is 0 Å². The fourth-order valence-electron chi connectivity index (χ4n) is 4.66. The Morgan fingerprint density at radius 3 is 2.70 bits per heavy atom. The maximum Gasteiger partial charge on any atom is 0.255 e. The first-order valence-electron chi connectivity index (χ1n) is 9.54. The zero-order chi connectivity index (χ0) is 18.1. The Bertz CT molecular complexity index is 1110. The number of aromatic nitrogens is 1. The second-order valence-electron chi connectivity index (χ2n) is 7.77. The highest BCUT2D eigenvalue weighted by atomic mass is 16.2. The largest absolute Gasteiger partial charge is 0.356 e. The molecule has 0 spiro atoms. The van der Waals surface area contributed by atoms with E-state index in [0.29, 0.717) is 12.0 Å². The van der Waals surface area contributed by atoms with Gasteiger partial charge in [0.25, 0.3) is 5.91 Å². The lowest BCUT2D eigenvalue weighted by Crippen LogP contribution is -2.52. The van der Waals surface area contributed by atoms with Gasteiger partial charge in [-0.05, 0) is 36.1 Å². The summed E-state index contributed by atoms with van der Waals surface area (Å²) in [5.74, 6) is -0.0737. The lowest BCUT2D eigenvalue weighted by atomic mass is 9.90. The van der Waals surface area contributed by atoms with E-state index in [1.54, 1.807) is 4.90 Å². The Kier molecular flexibility index (Phi) is 2.91. The van der Waals surface area contributed by atoms with Crippen LogP contribution in [0.5, 0.6) is 0 Å². The van der Waals surface area contributed by atoms with Crippen molar-refractivity contribution in [3.05, 3.63) is 70.9 Å². The number of benzene rings is 2. The number of rotatable bonds is 2. The normalized spacial score (nSPS) is 23.1. The van der Waals surface area contributed by atoms with Crippen molar-refractivity contribution in [3.63, 3.8) is 0 Å². The van der Waals surface area contributed by atoms with Crippen LogP contribution in [0.25, 0.3) is 10.9 Å². The summed E-state index contributed by atoms with van der Waals surface area (Å²) >= 11 is 0. The smallest absolute Gasteiger partial charge is 0.255 e. The molecule has 0 saturated heterocycles. The maximum absolute atomic E-state index is 13.2. The van der Waals surface area contributed by atoms with Gasteiger partial charge in [-0.25, -0.2) is 0 Å². The Morgan fingerprint density at radius 2 is 1.85 bits per heavy atom. The number of nitrogens with zero attached hydrogens (tertiary/aromatic N) is 1. The van der Waals surface area contributed by atoms with Gasteiger partial charge in [0.1, 0.15) is 6.04 Å². The van der Waals surface area contributed by atoms with Crippen molar-refractivity contribution in [1.82, 2.24) is 15.2 Å². The van der Waals surface area contributed by atoms with Crippen LogP contribution < -0.4 is 5.32 Å². The number of para-hydroxylation sites is 1. The van der Waals surface area contributed by atoms with Gasteiger partial charge in [-0.1, -0.05) is 36.4 Å². The SMILES string of the molecule is O=C(NC1CC1)[C@H]1Cc2c([nH]c3ccccc23)[C@H]2c3ccccc3C(=O)N21. The van der Waals surface area contributed by atoms with Gasteiger partial charge in [0.05, 0.1) is 6.04 Å². The Hall–Kier alpha value is -3.08. The molecule has 1 fully saturated rings. The molecule has 2 amide bonds. The number of fused-ring (bicyclic) bond motifs is 7. The maximum atomic E-state index is 13.2. The van der Waals surface area contributed by atoms with E-state index in [9.17, 15) is 9.59 Å². The van der Waals surface area contributed by atoms with Gasteiger partial charge in [-0.3, -0.25) is 9.59 Å². The van der Waals surface area contributed by atoms with Crippen molar-refractivity contribution in [2.45, 2.75) is 37.4 Å². The summed E-state index contributed by atoms with van der Waals surface area (Å²) in [7, 11) is 0. The van der Waals surface area contributed by atoms with Gasteiger partial charge in [0.2, 0.25) is 5.91 Å². The van der Waals surface area contributed by atoms with E-state index in [0.717, 1.165) is 40.6 Å². The minimum Gasteiger partial charge on any atom is -0.356 e. The Morgan fingerprint density at radius 1 is 1.07 bits per heavy atom. The van der Waals surface area contributed by atoms with Gasteiger partial charge in [0.15, 0.2) is 0 Å². The molecular weight excluding hydrogens is 338 g/mol. The van der Waals surface area contributed by atoms with Crippen LogP contribution in [0.3, 0.4) is 0 Å². The molecule has 2 aromatic carbocycles. The van der Waals surface area contributed by atoms with Crippen LogP contribution in [0.1, 0.15) is 46.1 Å². The van der Waals surface area contributed by atoms with E-state index in [4.69, 9.17) is 0 Å². The first-order chi connectivity index (χ1) is 13.2. The van der Waals surface area contributed by atoms with Crippen LogP contribution in [-0.4, -0.2) is 33.8 Å². The molecule has 3 heterocycles. The molecule has 2 N–H and O–H groups in total. The van der Waals surface area contributed by atoms with Gasteiger partial charge >= 0.3 is 0 Å². The van der Waals surface area contributed by atoms with Gasteiger partial charge in [-0.2, -0.15) is 0 Å². The van der Waals surface area contributed by atoms with Crippen LogP contribution in [0.15, 0.2) is 48.5 Å². The molecule has 0 radical (unpaired) electrons. The minimum absolute atomic E-state index is 0.0282. The van der Waals surface area contributed by atoms with Gasteiger partial charge < -0.3 is 15.2 Å². The number of H-pyrrole nitrogens is 1. The second kappa shape index (κ2) is 5.22. The van der Waals surface area contributed by atoms with E-state index in [-0.39, 0.29) is 23.9 Å². The molecule has 3 aliphatic rings. The van der Waals surface area contributed by atoms with E-state index in [2.05, 4.69) is 22.4 Å². The second-order valence-corrected chi connectivity index (χ2v) is 7.77. The van der Waals surface area contributed by atoms with Crippen LogP contribution in [0.4, 0.5) is 0 Å². The van der Waals surface area contributed by atoms with E-state index in [1.807, 2.05) is 36.4 Å². The predicted molar refractivity (Wildman–Crippen MR) is 101 cm³/mol. The summed E-state index contributed by atoms with van der Waals surface area (Å²) in [6, 6.07) is 15.5. The molecule has 134 valence electrons. The fraction of sp³-hybridized carbons (Fsp3) is 0.273. The molecule has 5 heteroatoms. The van der Waals surface area contributed by atoms with Crippen molar-refractivity contribution < 1.29 is 9.59 Å². The molecule has 0 unspecified atom stereocenters. The summed E-state index contributed by atoms with van der Waals surface area (Å²) in [6.45, 7) is 0. The average Bonchev–Trinajstić information content (AvgIpc) is 3.35. The van der Waals surface area contributed by atoms with Crippen LogP contribution >= 0.6 is 0 Å². The van der Waals surface area contributed by atoms with E-state index in [1.165, 1.54) is 0 Å². The first-order valence-corrected chi connectivity index (χ1v) is 9.54. The highest BCUT2D eigenvalue weighted by Crippen LogP contribution is 2.46. The minimum atomic E-state index is -0.470. The standard InChI is InChI=1S/C22H19N3O2/c26-21(23-12-9-10-12)18-11-16-13-5-3-4-8-17(13)24-19(16)20-14-6-1-2-7-15(14)22(27)25(18)20/h1-8,12,18,20,24H,9-11H2,(H,23,26)/t18-,20-/m1/s1. The summed E-state index contributed by atoms with van der Waals surface area (Å²) in [5.41, 5.74) is 4.96. The highest BCUT2D eigenvalue weighted by Gasteiger charge is 2.49. The number of hydrogen-bond donors (Lipinski definition) is 2. The van der Waals surface area contributed by atoms with E-state index < -0.39 is 6.04 Å². The molecule has 3 aromatic rings. The zero-order valence-electron chi connectivity index (χ0n) is 14.7. The van der Waals surface area contributed by atoms with E-state index >= 15 is 0 Å². The summed E-state index contributed by atoms with van der Waals surface area (Å²) < 4.78 is 0. The zero-order valence-corrected chi connectivity index (χ0v) is 14.7. The first kappa shape index (κ1) is 15.0. The number of nitrogens with one attached hydrogen (secondary N) is 2. The molecule has 5 nitrogen and oxygen atoms in total. The van der Waals surface area contributed by atoms with Crippen molar-refractivity contribution in [3.8, 4) is 0 Å². The predicted octanol–water partition coefficient (Wildman–Crippen LogP) is 2.92. The fourth-order valence-corrected chi connectivity index (χ4v) is 4.66. The van der Waals surface area contributed by atoms with Crippen LogP contribution in [-0.2, 0) is 11.2 Å². The highest BCUT2D eigenvalue weighted by molar-refractivity contribution is 6.03. The molecular formula is C22H19N3O2. The van der Waals surface area contributed by atoms with Crippen molar-refractivity contribution in [2.75, 3.05) is 0 Å². The Labute approximate surface area is 156 Å². The van der Waals surface area contributed by atoms with Crippen LogP contribution in [0.2, 0.25) is 0 Å². The summed E-state index contributed by atoms with van der Waals surface area (Å²) in [4.78, 5) is 31.6. The molecule has 1 aliphatic carbocycles. The Balaban J connectivity index is 1.56. The number of carbonyl (C=O) groups is 2. The summed E-state index contributed by atoms with van der Waals surface area (Å²) in [6.07, 6.45) is 2.62. The number of aromatic amines is 1. The average molecular weight is 357 g/mol. The number of amides is 2. The quantitative estimate of drug-likeness (QED) is 0.741. The third kappa shape index (κ3) is 2.05. The summed E-state index contributed by atoms with van der Waals surface area (Å²) in [5, 5.41) is 4.26. The lowest BCUT2D eigenvalue weighted by molar-refractivity contribution is -0.126. The van der Waals surface area contributed by atoms with Crippen molar-refractivity contribution in [2.24, 2.45) is 0 Å². The number of hydrogen-bond acceptors (Lipinski definition) is 2.